The van der Waals surface area contributed by atoms with E-state index in [1.165, 1.54) is 14.2 Å². The molecule has 0 saturated carbocycles. The topological polar surface area (TPSA) is 62.5 Å². The summed E-state index contributed by atoms with van der Waals surface area (Å²) in [5, 5.41) is 1.93. The van der Waals surface area contributed by atoms with Gasteiger partial charge in [-0.25, -0.2) is 18.7 Å². The highest BCUT2D eigenvalue weighted by Gasteiger charge is 2.20. The molecule has 4 rings (SSSR count). The summed E-state index contributed by atoms with van der Waals surface area (Å²) in [5.41, 5.74) is 4.84. The van der Waals surface area contributed by atoms with Crippen LogP contribution in [0.2, 0.25) is 0 Å². The first-order valence-electron chi connectivity index (χ1n) is 9.54. The summed E-state index contributed by atoms with van der Waals surface area (Å²) in [5.74, 6) is 0. The van der Waals surface area contributed by atoms with Gasteiger partial charge >= 0.3 is 12.2 Å². The monoisotopic (exact) mass is 402 g/mol. The fraction of sp³-hybridized carbons (Fsp3) is 0.167. The van der Waals surface area contributed by atoms with Crippen molar-refractivity contribution in [2.45, 2.75) is 13.8 Å². The van der Waals surface area contributed by atoms with Crippen LogP contribution in [0.25, 0.3) is 34.0 Å². The number of benzene rings is 2. The molecule has 2 aromatic carbocycles. The summed E-state index contributed by atoms with van der Waals surface area (Å²) in [4.78, 5) is 25.1. The van der Waals surface area contributed by atoms with E-state index in [0.717, 1.165) is 32.9 Å². The molecule has 6 nitrogen and oxygen atoms in total. The predicted octanol–water partition coefficient (Wildman–Crippen LogP) is 5.61. The number of carbonyl (C=O) groups excluding carboxylic acids is 2. The first kappa shape index (κ1) is 19.5. The van der Waals surface area contributed by atoms with Gasteiger partial charge in [0.1, 0.15) is 0 Å². The molecule has 0 saturated heterocycles. The third-order valence-electron chi connectivity index (χ3n) is 5.46. The van der Waals surface area contributed by atoms with Crippen LogP contribution in [0.3, 0.4) is 0 Å². The standard InChI is InChI=1S/C24H22N2O4/c1-15-17-9-5-7-11-21(17)25(23(27)29-3)19(15)13-14-20-16(2)18-10-6-8-12-22(18)26(20)24(28)30-4/h5-14H,1-4H3/b14-13+. The Kier molecular flexibility index (Phi) is 4.91. The van der Waals surface area contributed by atoms with Crippen molar-refractivity contribution < 1.29 is 19.1 Å². The Bertz CT molecular complexity index is 1220. The van der Waals surface area contributed by atoms with Crippen LogP contribution >= 0.6 is 0 Å². The van der Waals surface area contributed by atoms with Gasteiger partial charge in [0, 0.05) is 10.8 Å². The first-order chi connectivity index (χ1) is 14.5. The van der Waals surface area contributed by atoms with Crippen molar-refractivity contribution in [1.29, 1.82) is 0 Å². The van der Waals surface area contributed by atoms with Crippen molar-refractivity contribution in [2.75, 3.05) is 14.2 Å². The summed E-state index contributed by atoms with van der Waals surface area (Å²) in [7, 11) is 2.72. The van der Waals surface area contributed by atoms with Crippen molar-refractivity contribution in [2.24, 2.45) is 0 Å². The number of carbonyl (C=O) groups is 2. The highest BCUT2D eigenvalue weighted by Crippen LogP contribution is 2.30. The van der Waals surface area contributed by atoms with Crippen LogP contribution in [0.5, 0.6) is 0 Å². The summed E-state index contributed by atoms with van der Waals surface area (Å²) < 4.78 is 13.1. The fourth-order valence-electron chi connectivity index (χ4n) is 3.98. The Morgan fingerprint density at radius 2 is 1.07 bits per heavy atom. The van der Waals surface area contributed by atoms with E-state index in [1.807, 2.05) is 74.5 Å². The minimum absolute atomic E-state index is 0.468. The highest BCUT2D eigenvalue weighted by atomic mass is 16.5. The molecular weight excluding hydrogens is 380 g/mol. The van der Waals surface area contributed by atoms with Gasteiger partial charge in [0.2, 0.25) is 0 Å². The normalized spacial score (nSPS) is 11.5. The average molecular weight is 402 g/mol. The average Bonchev–Trinajstić information content (AvgIpc) is 3.22. The van der Waals surface area contributed by atoms with Crippen LogP contribution in [-0.2, 0) is 9.47 Å². The van der Waals surface area contributed by atoms with Gasteiger partial charge in [0.25, 0.3) is 0 Å². The number of aryl methyl sites for hydroxylation is 2. The van der Waals surface area contributed by atoms with E-state index in [1.54, 1.807) is 9.13 Å². The lowest BCUT2D eigenvalue weighted by atomic mass is 10.1. The van der Waals surface area contributed by atoms with Crippen LogP contribution in [0, 0.1) is 13.8 Å². The lowest BCUT2D eigenvalue weighted by Crippen LogP contribution is -2.13. The highest BCUT2D eigenvalue weighted by molar-refractivity contribution is 5.99. The molecule has 152 valence electrons. The molecule has 0 N–H and O–H groups in total. The van der Waals surface area contributed by atoms with E-state index < -0.39 is 12.2 Å². The molecule has 0 aliphatic carbocycles. The maximum atomic E-state index is 12.5. The van der Waals surface area contributed by atoms with Crippen molar-refractivity contribution in [3.05, 3.63) is 71.0 Å². The van der Waals surface area contributed by atoms with Crippen LogP contribution in [0.15, 0.2) is 48.5 Å². The van der Waals surface area contributed by atoms with Crippen molar-refractivity contribution in [1.82, 2.24) is 9.13 Å². The van der Waals surface area contributed by atoms with Crippen LogP contribution in [0.1, 0.15) is 22.5 Å². The molecule has 0 aliphatic rings. The van der Waals surface area contributed by atoms with E-state index >= 15 is 0 Å². The van der Waals surface area contributed by atoms with Gasteiger partial charge in [-0.05, 0) is 49.3 Å². The molecule has 2 heterocycles. The molecule has 0 fully saturated rings. The zero-order valence-corrected chi connectivity index (χ0v) is 17.3. The Hall–Kier alpha value is -3.80. The van der Waals surface area contributed by atoms with Gasteiger partial charge < -0.3 is 9.47 Å². The lowest BCUT2D eigenvalue weighted by Gasteiger charge is -2.07. The molecule has 0 bridgehead atoms. The minimum Gasteiger partial charge on any atom is -0.452 e. The van der Waals surface area contributed by atoms with Gasteiger partial charge in [0.15, 0.2) is 0 Å². The van der Waals surface area contributed by atoms with Crippen LogP contribution < -0.4 is 0 Å². The molecule has 0 aliphatic heterocycles. The van der Waals surface area contributed by atoms with E-state index in [-0.39, 0.29) is 0 Å². The second-order valence-corrected chi connectivity index (χ2v) is 7.00. The van der Waals surface area contributed by atoms with Gasteiger partial charge in [-0.3, -0.25) is 0 Å². The number of nitrogens with zero attached hydrogens (tertiary/aromatic N) is 2. The third kappa shape index (κ3) is 2.88. The Labute approximate surface area is 173 Å². The Balaban J connectivity index is 1.96. The van der Waals surface area contributed by atoms with E-state index in [2.05, 4.69) is 0 Å². The molecule has 2 aromatic heterocycles. The Morgan fingerprint density at radius 1 is 0.700 bits per heavy atom. The summed E-state index contributed by atoms with van der Waals surface area (Å²) in [6.45, 7) is 3.92. The molecule has 6 heteroatoms. The molecule has 0 unspecified atom stereocenters. The third-order valence-corrected chi connectivity index (χ3v) is 5.46. The number of aromatic nitrogens is 2. The maximum absolute atomic E-state index is 12.5. The summed E-state index contributed by atoms with van der Waals surface area (Å²) in [6.07, 6.45) is 2.74. The second kappa shape index (κ2) is 7.55. The molecule has 0 radical (unpaired) electrons. The second-order valence-electron chi connectivity index (χ2n) is 7.00. The van der Waals surface area contributed by atoms with Gasteiger partial charge in [-0.15, -0.1) is 0 Å². The number of fused-ring (bicyclic) bond motifs is 2. The van der Waals surface area contributed by atoms with Crippen LogP contribution in [-0.4, -0.2) is 35.5 Å². The Morgan fingerprint density at radius 3 is 1.43 bits per heavy atom. The maximum Gasteiger partial charge on any atom is 0.418 e. The van der Waals surface area contributed by atoms with E-state index in [9.17, 15) is 9.59 Å². The number of hydrogen-bond donors (Lipinski definition) is 0. The molecule has 30 heavy (non-hydrogen) atoms. The number of para-hydroxylation sites is 2. The quantitative estimate of drug-likeness (QED) is 0.437. The number of rotatable bonds is 2. The van der Waals surface area contributed by atoms with E-state index in [4.69, 9.17) is 9.47 Å². The first-order valence-corrected chi connectivity index (χ1v) is 9.54. The van der Waals surface area contributed by atoms with E-state index in [0.29, 0.717) is 11.4 Å². The largest absolute Gasteiger partial charge is 0.452 e. The molecule has 4 aromatic rings. The zero-order chi connectivity index (χ0) is 21.4. The lowest BCUT2D eigenvalue weighted by molar-refractivity contribution is 0.173. The molecule has 0 atom stereocenters. The van der Waals surface area contributed by atoms with Crippen LogP contribution in [0.4, 0.5) is 9.59 Å². The van der Waals surface area contributed by atoms with Gasteiger partial charge in [-0.2, -0.15) is 0 Å². The summed E-state index contributed by atoms with van der Waals surface area (Å²) in [6, 6.07) is 15.3. The molecule has 0 spiro atoms. The number of hydrogen-bond acceptors (Lipinski definition) is 4. The molecule has 0 amide bonds. The van der Waals surface area contributed by atoms with Crippen molar-refractivity contribution in [3.63, 3.8) is 0 Å². The van der Waals surface area contributed by atoms with Crippen molar-refractivity contribution in [3.8, 4) is 0 Å². The number of ether oxygens (including phenoxy) is 2. The zero-order valence-electron chi connectivity index (χ0n) is 17.3. The van der Waals surface area contributed by atoms with Crippen molar-refractivity contribution >= 4 is 46.1 Å². The SMILES string of the molecule is COC(=O)n1c(/C=C/c2c(C)c3ccccc3n2C(=O)OC)c(C)c2ccccc21. The number of methoxy groups -OCH3 is 2. The minimum atomic E-state index is -0.468. The predicted molar refractivity (Wildman–Crippen MR) is 118 cm³/mol. The summed E-state index contributed by atoms with van der Waals surface area (Å²) >= 11 is 0. The fourth-order valence-corrected chi connectivity index (χ4v) is 3.98. The van der Waals surface area contributed by atoms with Gasteiger partial charge in [0.05, 0.1) is 36.6 Å². The smallest absolute Gasteiger partial charge is 0.418 e. The van der Waals surface area contributed by atoms with Gasteiger partial charge in [-0.1, -0.05) is 36.4 Å². The molecular formula is C24H22N2O4.